The molecule has 2 aromatic carbocycles. The molecular weight excluding hydrogens is 389 g/mol. The van der Waals surface area contributed by atoms with Crippen LogP contribution in [0.15, 0.2) is 48.5 Å². The fourth-order valence-corrected chi connectivity index (χ4v) is 2.76. The van der Waals surface area contributed by atoms with Gasteiger partial charge in [-0.1, -0.05) is 59.6 Å². The van der Waals surface area contributed by atoms with Crippen molar-refractivity contribution in [3.8, 4) is 6.07 Å². The molecule has 2 rings (SSSR count). The number of halogens is 2. The van der Waals surface area contributed by atoms with Crippen LogP contribution in [0.25, 0.3) is 0 Å². The molecule has 2 N–H and O–H groups in total. The number of carbonyl (C=O) groups is 2. The smallest absolute Gasteiger partial charge is 0.408 e. The quantitative estimate of drug-likeness (QED) is 0.689. The normalized spacial score (nSPS) is 11.1. The first-order valence-corrected chi connectivity index (χ1v) is 8.81. The van der Waals surface area contributed by atoms with Crippen molar-refractivity contribution in [2.24, 2.45) is 0 Å². The van der Waals surface area contributed by atoms with Gasteiger partial charge in [0.15, 0.2) is 0 Å². The zero-order valence-corrected chi connectivity index (χ0v) is 15.8. The molecule has 0 aliphatic heterocycles. The predicted molar refractivity (Wildman–Crippen MR) is 102 cm³/mol. The highest BCUT2D eigenvalue weighted by atomic mass is 35.5. The van der Waals surface area contributed by atoms with Crippen molar-refractivity contribution < 1.29 is 14.3 Å². The summed E-state index contributed by atoms with van der Waals surface area (Å²) in [4.78, 5) is 24.4. The van der Waals surface area contributed by atoms with E-state index in [9.17, 15) is 9.59 Å². The van der Waals surface area contributed by atoms with Crippen LogP contribution < -0.4 is 10.6 Å². The Hall–Kier alpha value is -2.75. The lowest BCUT2D eigenvalue weighted by Crippen LogP contribution is -2.48. The summed E-state index contributed by atoms with van der Waals surface area (Å²) in [6, 6.07) is 14.9. The van der Waals surface area contributed by atoms with E-state index in [1.165, 1.54) is 0 Å². The fourth-order valence-electron chi connectivity index (χ4n) is 2.27. The number of hydrogen-bond acceptors (Lipinski definition) is 4. The van der Waals surface area contributed by atoms with E-state index in [2.05, 4.69) is 10.6 Å². The van der Waals surface area contributed by atoms with Crippen LogP contribution >= 0.6 is 23.2 Å². The van der Waals surface area contributed by atoms with Crippen molar-refractivity contribution in [1.82, 2.24) is 10.6 Å². The van der Waals surface area contributed by atoms with Gasteiger partial charge in [0, 0.05) is 16.5 Å². The van der Waals surface area contributed by atoms with Crippen LogP contribution in [0.2, 0.25) is 10.0 Å². The lowest BCUT2D eigenvalue weighted by atomic mass is 10.1. The number of amides is 2. The van der Waals surface area contributed by atoms with Gasteiger partial charge in [-0.2, -0.15) is 5.26 Å². The van der Waals surface area contributed by atoms with E-state index in [1.54, 1.807) is 18.2 Å². The first-order chi connectivity index (χ1) is 13.0. The lowest BCUT2D eigenvalue weighted by molar-refractivity contribution is -0.122. The van der Waals surface area contributed by atoms with Crippen LogP contribution in [0.1, 0.15) is 11.1 Å². The molecule has 8 heteroatoms. The molecule has 0 aromatic heterocycles. The Balaban J connectivity index is 2.03. The molecule has 0 radical (unpaired) electrons. The van der Waals surface area contributed by atoms with Crippen molar-refractivity contribution in [1.29, 1.82) is 5.26 Å². The van der Waals surface area contributed by atoms with Crippen LogP contribution in [-0.4, -0.2) is 24.6 Å². The van der Waals surface area contributed by atoms with Gasteiger partial charge in [-0.25, -0.2) is 4.79 Å². The van der Waals surface area contributed by atoms with Gasteiger partial charge in [-0.3, -0.25) is 4.79 Å². The van der Waals surface area contributed by atoms with Crippen molar-refractivity contribution in [2.75, 3.05) is 6.54 Å². The van der Waals surface area contributed by atoms with E-state index >= 15 is 0 Å². The Morgan fingerprint density at radius 3 is 2.56 bits per heavy atom. The van der Waals surface area contributed by atoms with Gasteiger partial charge in [0.05, 0.1) is 6.07 Å². The molecule has 0 unspecified atom stereocenters. The molecule has 2 amide bonds. The third-order valence-corrected chi connectivity index (χ3v) is 4.19. The van der Waals surface area contributed by atoms with Crippen LogP contribution in [0.4, 0.5) is 4.79 Å². The molecule has 0 saturated carbocycles. The molecular formula is C19H17Cl2N3O3. The van der Waals surface area contributed by atoms with Crippen molar-refractivity contribution in [3.63, 3.8) is 0 Å². The number of nitrogens with one attached hydrogen (secondary N) is 2. The summed E-state index contributed by atoms with van der Waals surface area (Å²) < 4.78 is 5.15. The first-order valence-electron chi connectivity index (χ1n) is 8.05. The number of hydrogen-bond donors (Lipinski definition) is 2. The second kappa shape index (κ2) is 10.4. The zero-order valence-electron chi connectivity index (χ0n) is 14.2. The van der Waals surface area contributed by atoms with E-state index < -0.39 is 18.0 Å². The maximum atomic E-state index is 12.3. The lowest BCUT2D eigenvalue weighted by Gasteiger charge is -2.18. The summed E-state index contributed by atoms with van der Waals surface area (Å²) in [5.41, 5.74) is 1.44. The van der Waals surface area contributed by atoms with E-state index in [0.717, 1.165) is 5.56 Å². The molecule has 0 aliphatic rings. The Morgan fingerprint density at radius 2 is 1.89 bits per heavy atom. The van der Waals surface area contributed by atoms with Gasteiger partial charge < -0.3 is 15.4 Å². The summed E-state index contributed by atoms with van der Waals surface area (Å²) in [6.45, 7) is -0.106. The Labute approximate surface area is 167 Å². The Bertz CT molecular complexity index is 838. The minimum Gasteiger partial charge on any atom is -0.445 e. The highest BCUT2D eigenvalue weighted by Gasteiger charge is 2.23. The monoisotopic (exact) mass is 405 g/mol. The zero-order chi connectivity index (χ0) is 19.6. The summed E-state index contributed by atoms with van der Waals surface area (Å²) in [7, 11) is 0. The number of nitriles is 1. The molecule has 140 valence electrons. The summed E-state index contributed by atoms with van der Waals surface area (Å²) in [6.07, 6.45) is -0.630. The third-order valence-electron chi connectivity index (χ3n) is 3.60. The number of benzene rings is 2. The van der Waals surface area contributed by atoms with Gasteiger partial charge in [-0.05, 0) is 23.3 Å². The molecule has 0 spiro atoms. The molecule has 0 bridgehead atoms. The Morgan fingerprint density at radius 1 is 1.15 bits per heavy atom. The van der Waals surface area contributed by atoms with Crippen molar-refractivity contribution in [3.05, 3.63) is 69.7 Å². The third kappa shape index (κ3) is 6.81. The minimum absolute atomic E-state index is 0.0703. The average Bonchev–Trinajstić information content (AvgIpc) is 2.66. The van der Waals surface area contributed by atoms with E-state index in [0.29, 0.717) is 15.6 Å². The second-order valence-electron chi connectivity index (χ2n) is 5.57. The van der Waals surface area contributed by atoms with Crippen LogP contribution in [0, 0.1) is 11.3 Å². The van der Waals surface area contributed by atoms with Crippen molar-refractivity contribution >= 4 is 35.2 Å². The Kier molecular flexibility index (Phi) is 7.93. The molecule has 27 heavy (non-hydrogen) atoms. The molecule has 0 fully saturated rings. The summed E-state index contributed by atoms with van der Waals surface area (Å²) in [5, 5.41) is 14.4. The number of rotatable bonds is 7. The van der Waals surface area contributed by atoms with E-state index in [4.69, 9.17) is 33.2 Å². The SMILES string of the molecule is N#CCNC(=O)[C@H](Cc1ccc(Cl)cc1Cl)NC(=O)OCc1ccccc1. The summed E-state index contributed by atoms with van der Waals surface area (Å²) >= 11 is 12.0. The van der Waals surface area contributed by atoms with Crippen molar-refractivity contribution in [2.45, 2.75) is 19.1 Å². The van der Waals surface area contributed by atoms with Gasteiger partial charge in [0.25, 0.3) is 0 Å². The van der Waals surface area contributed by atoms with Crippen LogP contribution in [0.3, 0.4) is 0 Å². The maximum absolute atomic E-state index is 12.3. The largest absolute Gasteiger partial charge is 0.445 e. The minimum atomic E-state index is -0.958. The van der Waals surface area contributed by atoms with Gasteiger partial charge in [0.1, 0.15) is 19.2 Å². The van der Waals surface area contributed by atoms with Gasteiger partial charge in [-0.15, -0.1) is 0 Å². The summed E-state index contributed by atoms with van der Waals surface area (Å²) in [5.74, 6) is -0.515. The number of carbonyl (C=O) groups excluding carboxylic acids is 2. The molecule has 0 saturated heterocycles. The predicted octanol–water partition coefficient (Wildman–Crippen LogP) is 3.47. The topological polar surface area (TPSA) is 91.2 Å². The number of nitrogens with zero attached hydrogens (tertiary/aromatic N) is 1. The van der Waals surface area contributed by atoms with Gasteiger partial charge >= 0.3 is 6.09 Å². The molecule has 2 aromatic rings. The number of alkyl carbamates (subject to hydrolysis) is 1. The first kappa shape index (κ1) is 20.6. The molecule has 1 atom stereocenters. The fraction of sp³-hybridized carbons (Fsp3) is 0.211. The van der Waals surface area contributed by atoms with Crippen LogP contribution in [-0.2, 0) is 22.6 Å². The second-order valence-corrected chi connectivity index (χ2v) is 6.42. The molecule has 0 aliphatic carbocycles. The van der Waals surface area contributed by atoms with E-state index in [-0.39, 0.29) is 19.6 Å². The standard InChI is InChI=1S/C19H17Cl2N3O3/c20-15-7-6-14(16(21)11-15)10-17(18(25)23-9-8-22)24-19(26)27-12-13-4-2-1-3-5-13/h1-7,11,17H,9-10,12H2,(H,23,25)(H,24,26)/t17-/m0/s1. The van der Waals surface area contributed by atoms with Crippen LogP contribution in [0.5, 0.6) is 0 Å². The molecule has 0 heterocycles. The number of ether oxygens (including phenoxy) is 1. The molecule has 6 nitrogen and oxygen atoms in total. The highest BCUT2D eigenvalue weighted by molar-refractivity contribution is 6.35. The van der Waals surface area contributed by atoms with E-state index in [1.807, 2.05) is 36.4 Å². The average molecular weight is 406 g/mol. The van der Waals surface area contributed by atoms with Gasteiger partial charge in [0.2, 0.25) is 5.91 Å². The maximum Gasteiger partial charge on any atom is 0.408 e. The highest BCUT2D eigenvalue weighted by Crippen LogP contribution is 2.22.